The summed E-state index contributed by atoms with van der Waals surface area (Å²) in [7, 11) is 0. The van der Waals surface area contributed by atoms with Gasteiger partial charge in [0.2, 0.25) is 0 Å². The molecule has 0 amide bonds. The lowest BCUT2D eigenvalue weighted by Crippen LogP contribution is -2.35. The molecule has 0 radical (unpaired) electrons. The molecule has 0 aliphatic heterocycles. The first-order chi connectivity index (χ1) is 6.18. The van der Waals surface area contributed by atoms with Crippen LogP contribution in [0.5, 0.6) is 0 Å². The Morgan fingerprint density at radius 2 is 2.00 bits per heavy atom. The van der Waals surface area contributed by atoms with Crippen LogP contribution in [-0.2, 0) is 9.53 Å². The number of hydrogen-bond acceptors (Lipinski definition) is 2. The molecule has 0 spiro atoms. The molecule has 3 heteroatoms. The van der Waals surface area contributed by atoms with Crippen molar-refractivity contribution in [3.8, 4) is 11.3 Å². The van der Waals surface area contributed by atoms with Crippen molar-refractivity contribution in [2.75, 3.05) is 0 Å². The second-order valence-electron chi connectivity index (χ2n) is 3.37. The highest BCUT2D eigenvalue weighted by Gasteiger charge is 2.33. The van der Waals surface area contributed by atoms with E-state index in [-0.39, 0.29) is 5.97 Å². The first kappa shape index (κ1) is 10.4. The van der Waals surface area contributed by atoms with E-state index in [0.717, 1.165) is 25.7 Å². The quantitative estimate of drug-likeness (QED) is 0.480. The second kappa shape index (κ2) is 4.53. The van der Waals surface area contributed by atoms with Gasteiger partial charge in [0.25, 0.3) is 0 Å². The van der Waals surface area contributed by atoms with Crippen molar-refractivity contribution in [2.24, 2.45) is 0 Å². The highest BCUT2D eigenvalue weighted by Crippen LogP contribution is 2.31. The van der Waals surface area contributed by atoms with Gasteiger partial charge < -0.3 is 4.74 Å². The summed E-state index contributed by atoms with van der Waals surface area (Å²) in [5.41, 5.74) is -0.591. The predicted octanol–water partition coefficient (Wildman–Crippen LogP) is 2.45. The number of ether oxygens (including phenoxy) is 1. The SMILES string of the molecule is CC(=O)OC1(C#CCl)CCCCC1. The standard InChI is InChI=1S/C10H13ClO2/c1-9(12)13-10(7-8-11)5-3-2-4-6-10/h2-6H2,1H3. The van der Waals surface area contributed by atoms with Crippen LogP contribution in [0, 0.1) is 11.3 Å². The van der Waals surface area contributed by atoms with E-state index in [2.05, 4.69) is 11.3 Å². The van der Waals surface area contributed by atoms with Crippen molar-refractivity contribution < 1.29 is 9.53 Å². The molecule has 72 valence electrons. The Hall–Kier alpha value is -0.680. The van der Waals surface area contributed by atoms with Gasteiger partial charge in [-0.15, -0.1) is 0 Å². The molecule has 0 heterocycles. The molecular weight excluding hydrogens is 188 g/mol. The minimum Gasteiger partial charge on any atom is -0.446 e. The van der Waals surface area contributed by atoms with E-state index >= 15 is 0 Å². The minimum absolute atomic E-state index is 0.277. The zero-order valence-electron chi connectivity index (χ0n) is 7.73. The van der Waals surface area contributed by atoms with E-state index in [0.29, 0.717) is 0 Å². The Morgan fingerprint density at radius 1 is 1.38 bits per heavy atom. The Morgan fingerprint density at radius 3 is 2.46 bits per heavy atom. The smallest absolute Gasteiger partial charge is 0.304 e. The molecule has 0 unspecified atom stereocenters. The van der Waals surface area contributed by atoms with E-state index in [9.17, 15) is 4.79 Å². The summed E-state index contributed by atoms with van der Waals surface area (Å²) in [6, 6.07) is 0. The van der Waals surface area contributed by atoms with E-state index in [1.165, 1.54) is 13.3 Å². The zero-order valence-corrected chi connectivity index (χ0v) is 8.49. The van der Waals surface area contributed by atoms with E-state index in [1.807, 2.05) is 0 Å². The lowest BCUT2D eigenvalue weighted by atomic mass is 9.85. The lowest BCUT2D eigenvalue weighted by Gasteiger charge is -2.31. The van der Waals surface area contributed by atoms with Gasteiger partial charge in [0.15, 0.2) is 5.60 Å². The van der Waals surface area contributed by atoms with Gasteiger partial charge in [-0.3, -0.25) is 4.79 Å². The monoisotopic (exact) mass is 200 g/mol. The van der Waals surface area contributed by atoms with Crippen LogP contribution in [0.15, 0.2) is 0 Å². The first-order valence-corrected chi connectivity index (χ1v) is 4.89. The highest BCUT2D eigenvalue weighted by molar-refractivity contribution is 6.30. The largest absolute Gasteiger partial charge is 0.446 e. The highest BCUT2D eigenvalue weighted by atomic mass is 35.5. The Balaban J connectivity index is 2.70. The van der Waals surface area contributed by atoms with Crippen molar-refractivity contribution in [1.29, 1.82) is 0 Å². The zero-order chi connectivity index (χ0) is 9.73. The van der Waals surface area contributed by atoms with Gasteiger partial charge in [-0.05, 0) is 43.2 Å². The van der Waals surface area contributed by atoms with Crippen LogP contribution in [0.4, 0.5) is 0 Å². The molecule has 2 nitrogen and oxygen atoms in total. The molecule has 0 aromatic rings. The number of hydrogen-bond donors (Lipinski definition) is 0. The Kier molecular flexibility index (Phi) is 3.62. The number of halogens is 1. The van der Waals surface area contributed by atoms with Gasteiger partial charge in [0, 0.05) is 12.3 Å². The lowest BCUT2D eigenvalue weighted by molar-refractivity contribution is -0.153. The molecule has 1 rings (SSSR count). The molecule has 0 atom stereocenters. The summed E-state index contributed by atoms with van der Waals surface area (Å²) in [4.78, 5) is 10.9. The average Bonchev–Trinajstić information content (AvgIpc) is 2.04. The number of carbonyl (C=O) groups excluding carboxylic acids is 1. The normalized spacial score (nSPS) is 19.8. The van der Waals surface area contributed by atoms with Crippen molar-refractivity contribution in [3.05, 3.63) is 0 Å². The maximum atomic E-state index is 10.9. The van der Waals surface area contributed by atoms with Gasteiger partial charge in [-0.25, -0.2) is 0 Å². The molecule has 0 bridgehead atoms. The van der Waals surface area contributed by atoms with Crippen LogP contribution < -0.4 is 0 Å². The van der Waals surface area contributed by atoms with Crippen molar-refractivity contribution >= 4 is 17.6 Å². The summed E-state index contributed by atoms with van der Waals surface area (Å²) < 4.78 is 5.22. The maximum Gasteiger partial charge on any atom is 0.304 e. The van der Waals surface area contributed by atoms with Gasteiger partial charge >= 0.3 is 5.97 Å². The van der Waals surface area contributed by atoms with Crippen LogP contribution >= 0.6 is 11.6 Å². The van der Waals surface area contributed by atoms with Crippen LogP contribution in [0.1, 0.15) is 39.0 Å². The van der Waals surface area contributed by atoms with Crippen molar-refractivity contribution in [1.82, 2.24) is 0 Å². The Bertz CT molecular complexity index is 243. The molecule has 1 saturated carbocycles. The molecule has 1 aliphatic carbocycles. The molecule has 13 heavy (non-hydrogen) atoms. The van der Waals surface area contributed by atoms with Gasteiger partial charge in [-0.2, -0.15) is 0 Å². The average molecular weight is 201 g/mol. The van der Waals surface area contributed by atoms with E-state index in [4.69, 9.17) is 16.3 Å². The topological polar surface area (TPSA) is 26.3 Å². The maximum absolute atomic E-state index is 10.9. The molecular formula is C10H13ClO2. The fourth-order valence-electron chi connectivity index (χ4n) is 1.74. The summed E-state index contributed by atoms with van der Waals surface area (Å²) in [6.07, 6.45) is 4.92. The summed E-state index contributed by atoms with van der Waals surface area (Å²) in [6.45, 7) is 1.41. The van der Waals surface area contributed by atoms with Gasteiger partial charge in [0.05, 0.1) is 0 Å². The third kappa shape index (κ3) is 2.93. The molecule has 0 N–H and O–H groups in total. The summed E-state index contributed by atoms with van der Waals surface area (Å²) in [5, 5.41) is 2.33. The van der Waals surface area contributed by atoms with Crippen molar-refractivity contribution in [2.45, 2.75) is 44.6 Å². The first-order valence-electron chi connectivity index (χ1n) is 4.51. The summed E-state index contributed by atoms with van der Waals surface area (Å²) in [5.74, 6) is 2.53. The fourth-order valence-corrected chi connectivity index (χ4v) is 1.91. The molecule has 1 fully saturated rings. The third-order valence-electron chi connectivity index (χ3n) is 2.28. The van der Waals surface area contributed by atoms with Gasteiger partial charge in [0.1, 0.15) is 0 Å². The molecule has 1 aliphatic rings. The van der Waals surface area contributed by atoms with Crippen LogP contribution in [0.2, 0.25) is 0 Å². The Labute approximate surface area is 83.6 Å². The third-order valence-corrected chi connectivity index (χ3v) is 2.37. The van der Waals surface area contributed by atoms with Gasteiger partial charge in [-0.1, -0.05) is 6.42 Å². The minimum atomic E-state index is -0.591. The molecule has 0 aromatic heterocycles. The predicted molar refractivity (Wildman–Crippen MR) is 51.2 cm³/mol. The van der Waals surface area contributed by atoms with Crippen LogP contribution in [-0.4, -0.2) is 11.6 Å². The van der Waals surface area contributed by atoms with Crippen LogP contribution in [0.3, 0.4) is 0 Å². The second-order valence-corrected chi connectivity index (χ2v) is 3.56. The fraction of sp³-hybridized carbons (Fsp3) is 0.700. The molecule has 0 saturated heterocycles. The van der Waals surface area contributed by atoms with E-state index < -0.39 is 5.60 Å². The van der Waals surface area contributed by atoms with E-state index in [1.54, 1.807) is 0 Å². The van der Waals surface area contributed by atoms with Crippen LogP contribution in [0.25, 0.3) is 0 Å². The number of rotatable bonds is 1. The number of esters is 1. The van der Waals surface area contributed by atoms with Crippen molar-refractivity contribution in [3.63, 3.8) is 0 Å². The number of carbonyl (C=O) groups is 1. The molecule has 0 aromatic carbocycles. The summed E-state index contributed by atoms with van der Waals surface area (Å²) >= 11 is 5.36.